The lowest BCUT2D eigenvalue weighted by molar-refractivity contribution is 0.127. The highest BCUT2D eigenvalue weighted by atomic mass is 15.1. The molecule has 0 radical (unpaired) electrons. The van der Waals surface area contributed by atoms with Crippen molar-refractivity contribution in [1.29, 1.82) is 0 Å². The van der Waals surface area contributed by atoms with Crippen LogP contribution in [0.5, 0.6) is 0 Å². The lowest BCUT2D eigenvalue weighted by atomic mass is 9.82. The van der Waals surface area contributed by atoms with Gasteiger partial charge in [-0.3, -0.25) is 0 Å². The van der Waals surface area contributed by atoms with Crippen molar-refractivity contribution in [3.63, 3.8) is 0 Å². The van der Waals surface area contributed by atoms with Crippen LogP contribution in [-0.2, 0) is 0 Å². The van der Waals surface area contributed by atoms with E-state index >= 15 is 0 Å². The highest BCUT2D eigenvalue weighted by Gasteiger charge is 2.25. The number of nitrogens with one attached hydrogen (secondary N) is 1. The van der Waals surface area contributed by atoms with Crippen molar-refractivity contribution in [1.82, 2.24) is 10.2 Å². The molecule has 1 N–H and O–H groups in total. The highest BCUT2D eigenvalue weighted by molar-refractivity contribution is 4.79. The van der Waals surface area contributed by atoms with Crippen molar-refractivity contribution < 1.29 is 0 Å². The summed E-state index contributed by atoms with van der Waals surface area (Å²) in [5.74, 6) is 0.958. The Bertz CT molecular complexity index is 185. The van der Waals surface area contributed by atoms with Crippen molar-refractivity contribution in [2.24, 2.45) is 11.3 Å². The van der Waals surface area contributed by atoms with E-state index < -0.39 is 0 Å². The predicted molar refractivity (Wildman–Crippen MR) is 65.0 cm³/mol. The van der Waals surface area contributed by atoms with E-state index in [2.05, 4.69) is 24.1 Å². The van der Waals surface area contributed by atoms with E-state index in [1.807, 2.05) is 0 Å². The molecule has 0 spiro atoms. The summed E-state index contributed by atoms with van der Waals surface area (Å²) in [6, 6.07) is 0. The van der Waals surface area contributed by atoms with Gasteiger partial charge >= 0.3 is 0 Å². The molecule has 2 heteroatoms. The van der Waals surface area contributed by atoms with Crippen LogP contribution in [0.25, 0.3) is 0 Å². The summed E-state index contributed by atoms with van der Waals surface area (Å²) in [6.07, 6.45) is 5.58. The fraction of sp³-hybridized carbons (Fsp3) is 1.00. The second-order valence-electron chi connectivity index (χ2n) is 6.15. The van der Waals surface area contributed by atoms with E-state index in [4.69, 9.17) is 0 Å². The summed E-state index contributed by atoms with van der Waals surface area (Å²) in [5, 5.41) is 3.45. The summed E-state index contributed by atoms with van der Waals surface area (Å²) in [5.41, 5.74) is 0.603. The molecule has 0 aromatic heterocycles. The molecule has 2 heterocycles. The smallest absolute Gasteiger partial charge is 0.00136 e. The number of hydrogen-bond acceptors (Lipinski definition) is 2. The fourth-order valence-corrected chi connectivity index (χ4v) is 2.71. The van der Waals surface area contributed by atoms with Crippen LogP contribution in [-0.4, -0.2) is 37.6 Å². The first-order chi connectivity index (χ1) is 7.16. The molecule has 2 nitrogen and oxygen atoms in total. The van der Waals surface area contributed by atoms with Gasteiger partial charge in [0, 0.05) is 0 Å². The molecule has 0 aromatic carbocycles. The fourth-order valence-electron chi connectivity index (χ4n) is 2.71. The van der Waals surface area contributed by atoms with Crippen molar-refractivity contribution in [3.8, 4) is 0 Å². The average molecular weight is 210 g/mol. The van der Waals surface area contributed by atoms with Gasteiger partial charge in [-0.15, -0.1) is 0 Å². The molecule has 2 rings (SSSR count). The van der Waals surface area contributed by atoms with Crippen LogP contribution < -0.4 is 5.32 Å². The molecule has 15 heavy (non-hydrogen) atoms. The van der Waals surface area contributed by atoms with Gasteiger partial charge < -0.3 is 10.2 Å². The minimum Gasteiger partial charge on any atom is -0.316 e. The number of piperidine rings is 1. The van der Waals surface area contributed by atoms with E-state index in [1.54, 1.807) is 0 Å². The summed E-state index contributed by atoms with van der Waals surface area (Å²) < 4.78 is 0. The first-order valence-electron chi connectivity index (χ1n) is 6.59. The zero-order valence-corrected chi connectivity index (χ0v) is 10.4. The van der Waals surface area contributed by atoms with E-state index in [9.17, 15) is 0 Å². The highest BCUT2D eigenvalue weighted by Crippen LogP contribution is 2.29. The first kappa shape index (κ1) is 11.4. The lowest BCUT2D eigenvalue weighted by Crippen LogP contribution is -2.38. The second kappa shape index (κ2) is 4.84. The van der Waals surface area contributed by atoms with Crippen molar-refractivity contribution >= 4 is 0 Å². The summed E-state index contributed by atoms with van der Waals surface area (Å²) >= 11 is 0. The second-order valence-corrected chi connectivity index (χ2v) is 6.15. The Morgan fingerprint density at radius 3 is 2.60 bits per heavy atom. The number of hydrogen-bond donors (Lipinski definition) is 1. The third-order valence-electron chi connectivity index (χ3n) is 4.23. The number of rotatable bonds is 3. The largest absolute Gasteiger partial charge is 0.316 e. The zero-order chi connectivity index (χ0) is 10.7. The van der Waals surface area contributed by atoms with Gasteiger partial charge in [-0.25, -0.2) is 0 Å². The van der Waals surface area contributed by atoms with Crippen LogP contribution in [0.1, 0.15) is 39.5 Å². The van der Waals surface area contributed by atoms with Crippen LogP contribution >= 0.6 is 0 Å². The summed E-state index contributed by atoms with van der Waals surface area (Å²) in [6.45, 7) is 11.3. The van der Waals surface area contributed by atoms with E-state index in [0.717, 1.165) is 5.92 Å². The van der Waals surface area contributed by atoms with Gasteiger partial charge in [-0.1, -0.05) is 13.8 Å². The summed E-state index contributed by atoms with van der Waals surface area (Å²) in [4.78, 5) is 2.67. The Balaban J connectivity index is 1.64. The third kappa shape index (κ3) is 3.46. The van der Waals surface area contributed by atoms with Crippen LogP contribution in [0.15, 0.2) is 0 Å². The monoisotopic (exact) mass is 210 g/mol. The Hall–Kier alpha value is -0.0800. The molecule has 1 unspecified atom stereocenters. The molecule has 0 bridgehead atoms. The molecule has 0 aliphatic carbocycles. The van der Waals surface area contributed by atoms with Crippen molar-refractivity contribution in [3.05, 3.63) is 0 Å². The van der Waals surface area contributed by atoms with Gasteiger partial charge in [0.05, 0.1) is 0 Å². The predicted octanol–water partition coefficient (Wildman–Crippen LogP) is 2.11. The van der Waals surface area contributed by atoms with Gasteiger partial charge in [-0.05, 0) is 69.7 Å². The van der Waals surface area contributed by atoms with Crippen molar-refractivity contribution in [2.75, 3.05) is 32.7 Å². The molecule has 2 fully saturated rings. The zero-order valence-electron chi connectivity index (χ0n) is 10.4. The maximum Gasteiger partial charge on any atom is -0.00136 e. The average Bonchev–Trinajstić information content (AvgIpc) is 2.69. The molecular weight excluding hydrogens is 184 g/mol. The number of likely N-dealkylation sites (tertiary alicyclic amines) is 1. The molecule has 88 valence electrons. The quantitative estimate of drug-likeness (QED) is 0.767. The summed E-state index contributed by atoms with van der Waals surface area (Å²) in [7, 11) is 0. The Morgan fingerprint density at radius 2 is 2.00 bits per heavy atom. The van der Waals surface area contributed by atoms with E-state index in [-0.39, 0.29) is 0 Å². The Labute approximate surface area is 94.4 Å². The SMILES string of the molecule is CC1(C)CCN(CCC2CCNC2)CC1. The van der Waals surface area contributed by atoms with Gasteiger partial charge in [0.15, 0.2) is 0 Å². The van der Waals surface area contributed by atoms with Gasteiger partial charge in [0.1, 0.15) is 0 Å². The van der Waals surface area contributed by atoms with Gasteiger partial charge in [-0.2, -0.15) is 0 Å². The topological polar surface area (TPSA) is 15.3 Å². The van der Waals surface area contributed by atoms with Crippen LogP contribution in [0.4, 0.5) is 0 Å². The van der Waals surface area contributed by atoms with E-state index in [1.165, 1.54) is 58.4 Å². The minimum absolute atomic E-state index is 0.603. The van der Waals surface area contributed by atoms with Crippen molar-refractivity contribution in [2.45, 2.75) is 39.5 Å². The van der Waals surface area contributed by atoms with Crippen LogP contribution in [0.3, 0.4) is 0 Å². The molecule has 2 aliphatic heterocycles. The molecular formula is C13H26N2. The molecule has 2 saturated heterocycles. The Kier molecular flexibility index (Phi) is 3.68. The maximum atomic E-state index is 3.45. The maximum absolute atomic E-state index is 3.45. The first-order valence-corrected chi connectivity index (χ1v) is 6.59. The molecule has 0 aromatic rings. The van der Waals surface area contributed by atoms with E-state index in [0.29, 0.717) is 5.41 Å². The standard InChI is InChI=1S/C13H26N2/c1-13(2)5-9-15(10-6-13)8-4-12-3-7-14-11-12/h12,14H,3-11H2,1-2H3. The molecule has 1 atom stereocenters. The molecule has 0 amide bonds. The molecule has 0 saturated carbocycles. The Morgan fingerprint density at radius 1 is 1.27 bits per heavy atom. The van der Waals surface area contributed by atoms with Crippen LogP contribution in [0.2, 0.25) is 0 Å². The third-order valence-corrected chi connectivity index (χ3v) is 4.23. The molecule has 2 aliphatic rings. The van der Waals surface area contributed by atoms with Gasteiger partial charge in [0.25, 0.3) is 0 Å². The minimum atomic E-state index is 0.603. The van der Waals surface area contributed by atoms with Crippen LogP contribution in [0, 0.1) is 11.3 Å². The lowest BCUT2D eigenvalue weighted by Gasteiger charge is -2.37. The normalized spacial score (nSPS) is 32.0. The van der Waals surface area contributed by atoms with Gasteiger partial charge in [0.2, 0.25) is 0 Å². The number of nitrogens with zero attached hydrogens (tertiary/aromatic N) is 1.